The molecule has 0 spiro atoms. The Morgan fingerprint density at radius 3 is 2.18 bits per heavy atom. The van der Waals surface area contributed by atoms with E-state index in [2.05, 4.69) is 4.18 Å². The Labute approximate surface area is 103 Å². The molecule has 1 rings (SSSR count). The maximum Gasteiger partial charge on any atom is 0.298 e. The Balaban J connectivity index is 3.68. The third kappa shape index (κ3) is 2.87. The zero-order chi connectivity index (χ0) is 13.4. The van der Waals surface area contributed by atoms with E-state index in [4.69, 9.17) is 21.9 Å². The van der Waals surface area contributed by atoms with Crippen molar-refractivity contribution in [2.24, 2.45) is 0 Å². The lowest BCUT2D eigenvalue weighted by atomic mass is 10.3. The van der Waals surface area contributed by atoms with Crippen LogP contribution in [0, 0.1) is 0 Å². The number of hydrogen-bond acceptors (Lipinski definition) is 6. The molecule has 7 nitrogen and oxygen atoms in total. The third-order valence-corrected chi connectivity index (χ3v) is 4.48. The van der Waals surface area contributed by atoms with E-state index in [1.807, 2.05) is 0 Å². The van der Waals surface area contributed by atoms with E-state index < -0.39 is 30.0 Å². The van der Waals surface area contributed by atoms with Gasteiger partial charge >= 0.3 is 0 Å². The molecule has 0 saturated heterocycles. The van der Waals surface area contributed by atoms with Gasteiger partial charge in [0.2, 0.25) is 0 Å². The quantitative estimate of drug-likeness (QED) is 0.473. The molecule has 0 unspecified atom stereocenters. The first-order valence-corrected chi connectivity index (χ1v) is 7.19. The minimum atomic E-state index is -4.64. The van der Waals surface area contributed by atoms with Crippen LogP contribution in [0.15, 0.2) is 21.9 Å². The van der Waals surface area contributed by atoms with Crippen molar-refractivity contribution in [3.8, 4) is 0 Å². The molecule has 3 N–H and O–H groups in total. The van der Waals surface area contributed by atoms with Crippen molar-refractivity contribution >= 4 is 37.5 Å². The van der Waals surface area contributed by atoms with Gasteiger partial charge in [0.15, 0.2) is 0 Å². The van der Waals surface area contributed by atoms with Crippen molar-refractivity contribution in [2.45, 2.75) is 9.79 Å². The Morgan fingerprint density at radius 2 is 1.76 bits per heavy atom. The zero-order valence-electron chi connectivity index (χ0n) is 8.41. The SMILES string of the molecule is COS(=O)(=O)c1cc(S(=O)(=O)O)c(N)cc1Cl. The van der Waals surface area contributed by atoms with Crippen LogP contribution in [0.4, 0.5) is 5.69 Å². The van der Waals surface area contributed by atoms with Crippen molar-refractivity contribution in [1.29, 1.82) is 0 Å². The number of rotatable bonds is 3. The van der Waals surface area contributed by atoms with Crippen molar-refractivity contribution in [1.82, 2.24) is 0 Å². The molecule has 1 aromatic rings. The van der Waals surface area contributed by atoms with Crippen molar-refractivity contribution in [3.63, 3.8) is 0 Å². The van der Waals surface area contributed by atoms with Crippen LogP contribution in [0.2, 0.25) is 5.02 Å². The van der Waals surface area contributed by atoms with E-state index in [-0.39, 0.29) is 10.7 Å². The van der Waals surface area contributed by atoms with E-state index in [0.29, 0.717) is 6.07 Å². The maximum atomic E-state index is 11.4. The van der Waals surface area contributed by atoms with E-state index in [9.17, 15) is 16.8 Å². The fraction of sp³-hybridized carbons (Fsp3) is 0.143. The van der Waals surface area contributed by atoms with Crippen LogP contribution >= 0.6 is 11.6 Å². The van der Waals surface area contributed by atoms with Crippen LogP contribution in [0.25, 0.3) is 0 Å². The number of hydrogen-bond donors (Lipinski definition) is 2. The lowest BCUT2D eigenvalue weighted by Crippen LogP contribution is -2.09. The molecule has 0 bridgehead atoms. The molecule has 0 saturated carbocycles. The summed E-state index contributed by atoms with van der Waals surface area (Å²) in [6, 6.07) is 1.53. The van der Waals surface area contributed by atoms with Gasteiger partial charge in [0.1, 0.15) is 9.79 Å². The minimum Gasteiger partial charge on any atom is -0.398 e. The average molecular weight is 302 g/mol. The second-order valence-electron chi connectivity index (χ2n) is 2.92. The van der Waals surface area contributed by atoms with Gasteiger partial charge in [0.05, 0.1) is 17.8 Å². The van der Waals surface area contributed by atoms with Crippen LogP contribution in [0.3, 0.4) is 0 Å². The molecule has 0 aliphatic rings. The van der Waals surface area contributed by atoms with Crippen LogP contribution < -0.4 is 5.73 Å². The minimum absolute atomic E-state index is 0.309. The van der Waals surface area contributed by atoms with E-state index in [0.717, 1.165) is 13.2 Å². The van der Waals surface area contributed by atoms with Crippen molar-refractivity contribution in [3.05, 3.63) is 17.2 Å². The summed E-state index contributed by atoms with van der Waals surface area (Å²) >= 11 is 5.60. The van der Waals surface area contributed by atoms with Crippen LogP contribution in [0.1, 0.15) is 0 Å². The lowest BCUT2D eigenvalue weighted by Gasteiger charge is -2.08. The summed E-state index contributed by atoms with van der Waals surface area (Å²) in [7, 11) is -7.95. The second kappa shape index (κ2) is 4.42. The molecule has 0 radical (unpaired) electrons. The molecule has 0 aromatic heterocycles. The highest BCUT2D eigenvalue weighted by Gasteiger charge is 2.23. The monoisotopic (exact) mass is 301 g/mol. The van der Waals surface area contributed by atoms with Crippen LogP contribution in [-0.2, 0) is 24.4 Å². The molecule has 0 aliphatic carbocycles. The van der Waals surface area contributed by atoms with E-state index >= 15 is 0 Å². The van der Waals surface area contributed by atoms with Crippen molar-refractivity contribution < 1.29 is 25.6 Å². The lowest BCUT2D eigenvalue weighted by molar-refractivity contribution is 0.397. The van der Waals surface area contributed by atoms with Gasteiger partial charge in [-0.25, -0.2) is 0 Å². The molecule has 0 amide bonds. The first-order chi connectivity index (χ1) is 7.59. The Kier molecular flexibility index (Phi) is 3.69. The highest BCUT2D eigenvalue weighted by Crippen LogP contribution is 2.30. The predicted molar refractivity (Wildman–Crippen MR) is 59.9 cm³/mol. The Bertz CT molecular complexity index is 651. The predicted octanol–water partition coefficient (Wildman–Crippen LogP) is 0.504. The fourth-order valence-electron chi connectivity index (χ4n) is 1.05. The largest absolute Gasteiger partial charge is 0.398 e. The van der Waals surface area contributed by atoms with Crippen LogP contribution in [0.5, 0.6) is 0 Å². The number of nitrogen functional groups attached to an aromatic ring is 1. The standard InChI is InChI=1S/C7H8ClNO6S2/c1-15-17(13,14)6-3-7(16(10,11)12)5(9)2-4(6)8/h2-3H,9H2,1H3,(H,10,11,12). The summed E-state index contributed by atoms with van der Waals surface area (Å²) in [6.07, 6.45) is 0. The molecule has 0 atom stereocenters. The van der Waals surface area contributed by atoms with Gasteiger partial charge in [-0.05, 0) is 12.1 Å². The zero-order valence-corrected chi connectivity index (χ0v) is 10.8. The highest BCUT2D eigenvalue weighted by atomic mass is 35.5. The fourth-order valence-corrected chi connectivity index (χ4v) is 2.95. The summed E-state index contributed by atoms with van der Waals surface area (Å²) in [6.45, 7) is 0. The van der Waals surface area contributed by atoms with Gasteiger partial charge < -0.3 is 5.73 Å². The maximum absolute atomic E-state index is 11.4. The first kappa shape index (κ1) is 14.2. The van der Waals surface area contributed by atoms with E-state index in [1.165, 1.54) is 0 Å². The average Bonchev–Trinajstić information content (AvgIpc) is 2.15. The normalized spacial score (nSPS) is 12.6. The Morgan fingerprint density at radius 1 is 1.24 bits per heavy atom. The van der Waals surface area contributed by atoms with Gasteiger partial charge in [0.25, 0.3) is 20.2 Å². The van der Waals surface area contributed by atoms with Gasteiger partial charge in [-0.1, -0.05) is 11.6 Å². The summed E-state index contributed by atoms with van der Waals surface area (Å²) < 4.78 is 57.7. The number of anilines is 1. The molecule has 17 heavy (non-hydrogen) atoms. The molecule has 0 heterocycles. The van der Waals surface area contributed by atoms with Gasteiger partial charge in [-0.3, -0.25) is 8.74 Å². The van der Waals surface area contributed by atoms with Crippen molar-refractivity contribution in [2.75, 3.05) is 12.8 Å². The summed E-state index contributed by atoms with van der Waals surface area (Å²) in [4.78, 5) is -1.35. The smallest absolute Gasteiger partial charge is 0.298 e. The topological polar surface area (TPSA) is 124 Å². The Hall–Kier alpha value is -0.870. The number of halogens is 1. The third-order valence-electron chi connectivity index (χ3n) is 1.83. The van der Waals surface area contributed by atoms with Crippen LogP contribution in [-0.4, -0.2) is 28.5 Å². The van der Waals surface area contributed by atoms with E-state index in [1.54, 1.807) is 0 Å². The molecule has 96 valence electrons. The molecule has 0 aliphatic heterocycles. The molecular formula is C7H8ClNO6S2. The molecule has 10 heteroatoms. The summed E-state index contributed by atoms with van der Waals surface area (Å²) in [5, 5.41) is -0.309. The molecular weight excluding hydrogens is 294 g/mol. The molecule has 0 fully saturated rings. The summed E-state index contributed by atoms with van der Waals surface area (Å²) in [5.41, 5.74) is 4.93. The van der Waals surface area contributed by atoms with Gasteiger partial charge in [-0.15, -0.1) is 0 Å². The second-order valence-corrected chi connectivity index (χ2v) is 6.39. The number of nitrogens with two attached hydrogens (primary N) is 1. The van der Waals surface area contributed by atoms with Gasteiger partial charge in [0, 0.05) is 0 Å². The molecule has 1 aromatic carbocycles. The summed E-state index contributed by atoms with van der Waals surface area (Å²) in [5.74, 6) is 0. The highest BCUT2D eigenvalue weighted by molar-refractivity contribution is 7.87. The van der Waals surface area contributed by atoms with Gasteiger partial charge in [-0.2, -0.15) is 16.8 Å². The number of benzene rings is 1. The first-order valence-electron chi connectivity index (χ1n) is 3.96.